The van der Waals surface area contributed by atoms with E-state index in [9.17, 15) is 4.79 Å². The number of amides is 1. The summed E-state index contributed by atoms with van der Waals surface area (Å²) in [5.41, 5.74) is 0.412. The van der Waals surface area contributed by atoms with Gasteiger partial charge >= 0.3 is 0 Å². The monoisotopic (exact) mass is 313 g/mol. The van der Waals surface area contributed by atoms with E-state index < -0.39 is 5.91 Å². The van der Waals surface area contributed by atoms with Crippen LogP contribution in [0.2, 0.25) is 10.0 Å². The standard InChI is InChI=1S/C13H13Cl2N3O2/c1-20-5-4-17-8-9(7-16)13(19)18-10-2-3-11(14)12(15)6-10/h2-3,6,8,17H,4-5H2,1H3,(H,18,19)/b9-8-. The third-order valence-corrected chi connectivity index (χ3v) is 2.98. The topological polar surface area (TPSA) is 74.1 Å². The Morgan fingerprint density at radius 2 is 2.20 bits per heavy atom. The fourth-order valence-corrected chi connectivity index (χ4v) is 1.55. The number of nitriles is 1. The number of hydrogen-bond donors (Lipinski definition) is 2. The highest BCUT2D eigenvalue weighted by atomic mass is 35.5. The van der Waals surface area contributed by atoms with Crippen molar-refractivity contribution in [3.8, 4) is 6.07 Å². The molecule has 106 valence electrons. The first-order chi connectivity index (χ1) is 9.58. The Labute approximate surface area is 127 Å². The van der Waals surface area contributed by atoms with Gasteiger partial charge in [-0.15, -0.1) is 0 Å². The van der Waals surface area contributed by atoms with Crippen LogP contribution in [0.25, 0.3) is 0 Å². The summed E-state index contributed by atoms with van der Waals surface area (Å²) in [5, 5.41) is 15.0. The Morgan fingerprint density at radius 3 is 2.80 bits per heavy atom. The third kappa shape index (κ3) is 5.10. The molecule has 0 atom stereocenters. The van der Waals surface area contributed by atoms with E-state index in [0.717, 1.165) is 0 Å². The average Bonchev–Trinajstić information content (AvgIpc) is 2.43. The zero-order valence-corrected chi connectivity index (χ0v) is 12.3. The summed E-state index contributed by atoms with van der Waals surface area (Å²) in [7, 11) is 1.56. The van der Waals surface area contributed by atoms with Gasteiger partial charge in [0.2, 0.25) is 0 Å². The molecule has 7 heteroatoms. The maximum absolute atomic E-state index is 11.9. The smallest absolute Gasteiger partial charge is 0.267 e. The van der Waals surface area contributed by atoms with Crippen molar-refractivity contribution in [2.45, 2.75) is 0 Å². The van der Waals surface area contributed by atoms with E-state index in [-0.39, 0.29) is 5.57 Å². The zero-order chi connectivity index (χ0) is 15.0. The van der Waals surface area contributed by atoms with Gasteiger partial charge in [-0.05, 0) is 18.2 Å². The highest BCUT2D eigenvalue weighted by Gasteiger charge is 2.09. The Morgan fingerprint density at radius 1 is 1.45 bits per heavy atom. The molecular weight excluding hydrogens is 301 g/mol. The van der Waals surface area contributed by atoms with E-state index in [2.05, 4.69) is 10.6 Å². The lowest BCUT2D eigenvalue weighted by atomic mass is 10.2. The third-order valence-electron chi connectivity index (χ3n) is 2.24. The van der Waals surface area contributed by atoms with E-state index in [4.69, 9.17) is 33.2 Å². The first-order valence-electron chi connectivity index (χ1n) is 5.67. The van der Waals surface area contributed by atoms with Crippen LogP contribution in [0.5, 0.6) is 0 Å². The first kappa shape index (κ1) is 16.3. The number of carbonyl (C=O) groups excluding carboxylic acids is 1. The first-order valence-corrected chi connectivity index (χ1v) is 6.43. The van der Waals surface area contributed by atoms with Crippen molar-refractivity contribution in [2.24, 2.45) is 0 Å². The molecule has 0 saturated heterocycles. The molecule has 0 heterocycles. The van der Waals surface area contributed by atoms with Crippen molar-refractivity contribution >= 4 is 34.8 Å². The number of methoxy groups -OCH3 is 1. The number of anilines is 1. The Bertz CT molecular complexity index is 553. The van der Waals surface area contributed by atoms with Crippen LogP contribution in [0, 0.1) is 11.3 Å². The predicted octanol–water partition coefficient (Wildman–Crippen LogP) is 2.58. The van der Waals surface area contributed by atoms with Gasteiger partial charge in [0.15, 0.2) is 0 Å². The Balaban J connectivity index is 2.67. The van der Waals surface area contributed by atoms with Crippen molar-refractivity contribution < 1.29 is 9.53 Å². The number of nitrogens with one attached hydrogen (secondary N) is 2. The molecule has 0 saturated carbocycles. The molecule has 1 rings (SSSR count). The predicted molar refractivity (Wildman–Crippen MR) is 78.7 cm³/mol. The number of halogens is 2. The number of hydrogen-bond acceptors (Lipinski definition) is 4. The summed E-state index contributed by atoms with van der Waals surface area (Å²) in [6.07, 6.45) is 1.34. The van der Waals surface area contributed by atoms with Gasteiger partial charge in [0.05, 0.1) is 16.7 Å². The molecule has 0 spiro atoms. The number of ether oxygens (including phenoxy) is 1. The summed E-state index contributed by atoms with van der Waals surface area (Å²) in [6.45, 7) is 0.978. The molecule has 20 heavy (non-hydrogen) atoms. The molecule has 1 amide bonds. The average molecular weight is 314 g/mol. The molecule has 0 bridgehead atoms. The quantitative estimate of drug-likeness (QED) is 0.481. The second kappa shape index (κ2) is 8.43. The second-order valence-corrected chi connectivity index (χ2v) is 4.51. The molecule has 0 aliphatic rings. The largest absolute Gasteiger partial charge is 0.387 e. The lowest BCUT2D eigenvalue weighted by Crippen LogP contribution is -2.18. The van der Waals surface area contributed by atoms with Gasteiger partial charge in [-0.2, -0.15) is 5.26 Å². The van der Waals surface area contributed by atoms with Crippen molar-refractivity contribution in [2.75, 3.05) is 25.6 Å². The Kier molecular flexibility index (Phi) is 6.88. The summed E-state index contributed by atoms with van der Waals surface area (Å²) in [6, 6.07) is 6.48. The van der Waals surface area contributed by atoms with Crippen molar-refractivity contribution in [3.63, 3.8) is 0 Å². The molecule has 0 radical (unpaired) electrons. The number of nitrogens with zero attached hydrogens (tertiary/aromatic N) is 1. The zero-order valence-electron chi connectivity index (χ0n) is 10.7. The normalized spacial score (nSPS) is 10.8. The van der Waals surface area contributed by atoms with E-state index >= 15 is 0 Å². The fourth-order valence-electron chi connectivity index (χ4n) is 1.26. The molecule has 0 aliphatic heterocycles. The molecule has 0 aromatic heterocycles. The number of benzene rings is 1. The van der Waals surface area contributed by atoms with Gasteiger partial charge in [0.25, 0.3) is 5.91 Å². The minimum atomic E-state index is -0.532. The van der Waals surface area contributed by atoms with Gasteiger partial charge < -0.3 is 15.4 Å². The highest BCUT2D eigenvalue weighted by molar-refractivity contribution is 6.42. The van der Waals surface area contributed by atoms with Crippen LogP contribution >= 0.6 is 23.2 Å². The van der Waals surface area contributed by atoms with Crippen LogP contribution in [0.1, 0.15) is 0 Å². The molecule has 1 aromatic rings. The van der Waals surface area contributed by atoms with E-state index in [1.165, 1.54) is 12.3 Å². The van der Waals surface area contributed by atoms with Gasteiger partial charge in [0, 0.05) is 25.5 Å². The van der Waals surface area contributed by atoms with Gasteiger partial charge in [0.1, 0.15) is 11.6 Å². The van der Waals surface area contributed by atoms with E-state index in [0.29, 0.717) is 28.9 Å². The van der Waals surface area contributed by atoms with Gasteiger partial charge in [-0.25, -0.2) is 0 Å². The van der Waals surface area contributed by atoms with E-state index in [1.807, 2.05) is 6.07 Å². The molecule has 0 fully saturated rings. The Hall–Kier alpha value is -1.74. The van der Waals surface area contributed by atoms with Crippen LogP contribution < -0.4 is 10.6 Å². The van der Waals surface area contributed by atoms with Crippen molar-refractivity contribution in [3.05, 3.63) is 40.0 Å². The molecule has 0 aliphatic carbocycles. The molecular formula is C13H13Cl2N3O2. The van der Waals surface area contributed by atoms with Crippen molar-refractivity contribution in [1.29, 1.82) is 5.26 Å². The minimum Gasteiger partial charge on any atom is -0.387 e. The van der Waals surface area contributed by atoms with Crippen molar-refractivity contribution in [1.82, 2.24) is 5.32 Å². The van der Waals surface area contributed by atoms with Gasteiger partial charge in [-0.3, -0.25) is 4.79 Å². The van der Waals surface area contributed by atoms with Crippen LogP contribution in [-0.2, 0) is 9.53 Å². The van der Waals surface area contributed by atoms with Gasteiger partial charge in [-0.1, -0.05) is 23.2 Å². The summed E-state index contributed by atoms with van der Waals surface area (Å²) < 4.78 is 4.84. The molecule has 2 N–H and O–H groups in total. The number of rotatable bonds is 6. The summed E-state index contributed by atoms with van der Waals surface area (Å²) in [4.78, 5) is 11.9. The lowest BCUT2D eigenvalue weighted by Gasteiger charge is -2.06. The maximum atomic E-state index is 11.9. The summed E-state index contributed by atoms with van der Waals surface area (Å²) >= 11 is 11.6. The molecule has 0 unspecified atom stereocenters. The second-order valence-electron chi connectivity index (χ2n) is 3.70. The highest BCUT2D eigenvalue weighted by Crippen LogP contribution is 2.25. The minimum absolute atomic E-state index is 0.0489. The van der Waals surface area contributed by atoms with Crippen LogP contribution in [-0.4, -0.2) is 26.2 Å². The molecule has 1 aromatic carbocycles. The fraction of sp³-hybridized carbons (Fsp3) is 0.231. The molecule has 5 nitrogen and oxygen atoms in total. The number of carbonyl (C=O) groups is 1. The van der Waals surface area contributed by atoms with Crippen LogP contribution in [0.15, 0.2) is 30.0 Å². The SMILES string of the molecule is COCCN/C=C(/C#N)C(=O)Nc1ccc(Cl)c(Cl)c1. The van der Waals surface area contributed by atoms with Crippen LogP contribution in [0.3, 0.4) is 0 Å². The maximum Gasteiger partial charge on any atom is 0.267 e. The van der Waals surface area contributed by atoms with E-state index in [1.54, 1.807) is 19.2 Å². The van der Waals surface area contributed by atoms with Crippen LogP contribution in [0.4, 0.5) is 5.69 Å². The summed E-state index contributed by atoms with van der Waals surface area (Å²) in [5.74, 6) is -0.532. The lowest BCUT2D eigenvalue weighted by molar-refractivity contribution is -0.112.